The number of carbonyl (C=O) groups is 2. The minimum atomic E-state index is -0.363. The van der Waals surface area contributed by atoms with Gasteiger partial charge in [-0.1, -0.05) is 0 Å². The van der Waals surface area contributed by atoms with E-state index < -0.39 is 0 Å². The number of morpholine rings is 1. The minimum Gasteiger partial charge on any atom is -0.492 e. The fraction of sp³-hybridized carbons (Fsp3) is 0.625. The van der Waals surface area contributed by atoms with Gasteiger partial charge in [-0.2, -0.15) is 0 Å². The average Bonchev–Trinajstić information content (AvgIpc) is 2.99. The Morgan fingerprint density at radius 1 is 1.46 bits per heavy atom. The summed E-state index contributed by atoms with van der Waals surface area (Å²) in [4.78, 5) is 28.9. The third-order valence-electron chi connectivity index (χ3n) is 4.53. The van der Waals surface area contributed by atoms with Gasteiger partial charge in [0.2, 0.25) is 5.91 Å². The molecule has 7 nitrogen and oxygen atoms in total. The van der Waals surface area contributed by atoms with Gasteiger partial charge < -0.3 is 19.7 Å². The van der Waals surface area contributed by atoms with Gasteiger partial charge >= 0.3 is 0 Å². The first kappa shape index (κ1) is 17.2. The van der Waals surface area contributed by atoms with Crippen LogP contribution in [0.3, 0.4) is 0 Å². The lowest BCUT2D eigenvalue weighted by molar-refractivity contribution is -0.187. The second-order valence-corrected chi connectivity index (χ2v) is 7.16. The highest BCUT2D eigenvalue weighted by atomic mass is 32.1. The lowest BCUT2D eigenvalue weighted by Gasteiger charge is -2.54. The molecule has 1 N–H and O–H groups in total. The molecular weight excluding hydrogens is 330 g/mol. The van der Waals surface area contributed by atoms with Crippen molar-refractivity contribution in [3.05, 3.63) is 16.3 Å². The summed E-state index contributed by atoms with van der Waals surface area (Å²) in [5.74, 6) is 0.591. The van der Waals surface area contributed by atoms with Crippen LogP contribution in [0.2, 0.25) is 0 Å². The Morgan fingerprint density at radius 3 is 2.83 bits per heavy atom. The van der Waals surface area contributed by atoms with Crippen molar-refractivity contribution in [1.29, 1.82) is 0 Å². The molecule has 1 aromatic heterocycles. The molecule has 8 heteroatoms. The Labute approximate surface area is 145 Å². The number of amides is 2. The topological polar surface area (TPSA) is 71.1 Å². The van der Waals surface area contributed by atoms with Crippen LogP contribution in [0, 0.1) is 0 Å². The lowest BCUT2D eigenvalue weighted by Crippen LogP contribution is -2.73. The molecule has 24 heavy (non-hydrogen) atoms. The van der Waals surface area contributed by atoms with E-state index in [1.54, 1.807) is 11.9 Å². The zero-order valence-electron chi connectivity index (χ0n) is 14.2. The monoisotopic (exact) mass is 353 g/mol. The van der Waals surface area contributed by atoms with Gasteiger partial charge in [0, 0.05) is 13.6 Å². The van der Waals surface area contributed by atoms with Crippen LogP contribution in [0.25, 0.3) is 0 Å². The SMILES string of the molecule is CCOc1ccsc1C(=O)N1CC2(C1)CN(C)C(C(=O)NC)CO2. The van der Waals surface area contributed by atoms with E-state index in [4.69, 9.17) is 9.47 Å². The van der Waals surface area contributed by atoms with Crippen molar-refractivity contribution in [2.45, 2.75) is 18.6 Å². The summed E-state index contributed by atoms with van der Waals surface area (Å²) in [5.41, 5.74) is -0.363. The maximum absolute atomic E-state index is 12.6. The molecule has 0 bridgehead atoms. The van der Waals surface area contributed by atoms with E-state index in [1.165, 1.54) is 11.3 Å². The van der Waals surface area contributed by atoms with E-state index >= 15 is 0 Å². The molecule has 1 unspecified atom stereocenters. The number of hydrogen-bond donors (Lipinski definition) is 1. The zero-order valence-corrected chi connectivity index (χ0v) is 15.0. The molecule has 1 spiro atoms. The normalized spacial score (nSPS) is 23.0. The lowest BCUT2D eigenvalue weighted by atomic mass is 9.90. The van der Waals surface area contributed by atoms with Gasteiger partial charge in [-0.05, 0) is 25.4 Å². The second-order valence-electron chi connectivity index (χ2n) is 6.25. The van der Waals surface area contributed by atoms with Crippen molar-refractivity contribution >= 4 is 23.2 Å². The fourth-order valence-corrected chi connectivity index (χ4v) is 4.09. The number of nitrogens with zero attached hydrogens (tertiary/aromatic N) is 2. The van der Waals surface area contributed by atoms with Crippen LogP contribution in [-0.4, -0.2) is 80.2 Å². The molecule has 2 saturated heterocycles. The van der Waals surface area contributed by atoms with Crippen molar-refractivity contribution in [1.82, 2.24) is 15.1 Å². The van der Waals surface area contributed by atoms with Gasteiger partial charge in [-0.15, -0.1) is 11.3 Å². The molecule has 2 fully saturated rings. The van der Waals surface area contributed by atoms with E-state index in [-0.39, 0.29) is 23.5 Å². The number of thiophene rings is 1. The number of ether oxygens (including phenoxy) is 2. The van der Waals surface area contributed by atoms with Gasteiger partial charge in [0.05, 0.1) is 26.3 Å². The molecule has 0 radical (unpaired) electrons. The molecule has 132 valence electrons. The van der Waals surface area contributed by atoms with E-state index in [0.717, 1.165) is 0 Å². The first-order valence-electron chi connectivity index (χ1n) is 8.05. The van der Waals surface area contributed by atoms with Crippen molar-refractivity contribution in [2.24, 2.45) is 0 Å². The van der Waals surface area contributed by atoms with Crippen molar-refractivity contribution in [3.63, 3.8) is 0 Å². The fourth-order valence-electron chi connectivity index (χ4n) is 3.29. The van der Waals surface area contributed by atoms with Crippen LogP contribution in [0.5, 0.6) is 5.75 Å². The highest BCUT2D eigenvalue weighted by Gasteiger charge is 2.51. The molecule has 1 atom stereocenters. The summed E-state index contributed by atoms with van der Waals surface area (Å²) >= 11 is 1.40. The number of carbonyl (C=O) groups excluding carboxylic acids is 2. The van der Waals surface area contributed by atoms with Gasteiger partial charge in [-0.25, -0.2) is 0 Å². The molecule has 2 aliphatic heterocycles. The predicted molar refractivity (Wildman–Crippen MR) is 90.6 cm³/mol. The van der Waals surface area contributed by atoms with Gasteiger partial charge in [0.15, 0.2) is 0 Å². The Hall–Kier alpha value is -1.64. The zero-order chi connectivity index (χ0) is 17.3. The maximum atomic E-state index is 12.6. The third kappa shape index (κ3) is 3.01. The summed E-state index contributed by atoms with van der Waals surface area (Å²) in [6, 6.07) is 1.56. The summed E-state index contributed by atoms with van der Waals surface area (Å²) in [7, 11) is 3.54. The molecule has 2 amide bonds. The Morgan fingerprint density at radius 2 is 2.21 bits per heavy atom. The number of likely N-dealkylation sites (N-methyl/N-ethyl adjacent to an activating group) is 2. The van der Waals surface area contributed by atoms with Crippen LogP contribution in [0.4, 0.5) is 0 Å². The number of rotatable bonds is 4. The Bertz CT molecular complexity index is 627. The number of nitrogens with one attached hydrogen (secondary N) is 1. The van der Waals surface area contributed by atoms with Crippen LogP contribution in [-0.2, 0) is 9.53 Å². The molecule has 0 saturated carbocycles. The second kappa shape index (κ2) is 6.70. The van der Waals surface area contributed by atoms with Crippen LogP contribution < -0.4 is 10.1 Å². The van der Waals surface area contributed by atoms with Crippen molar-refractivity contribution < 1.29 is 19.1 Å². The largest absolute Gasteiger partial charge is 0.492 e. The molecule has 2 aliphatic rings. The van der Waals surface area contributed by atoms with Crippen LogP contribution in [0.1, 0.15) is 16.6 Å². The predicted octanol–water partition coefficient (Wildman–Crippen LogP) is 0.418. The molecule has 1 aromatic rings. The van der Waals surface area contributed by atoms with Crippen LogP contribution in [0.15, 0.2) is 11.4 Å². The van der Waals surface area contributed by atoms with Crippen molar-refractivity contribution in [3.8, 4) is 5.75 Å². The Kier molecular flexibility index (Phi) is 4.80. The number of hydrogen-bond acceptors (Lipinski definition) is 6. The van der Waals surface area contributed by atoms with E-state index in [1.807, 2.05) is 30.3 Å². The van der Waals surface area contributed by atoms with Gasteiger partial charge in [0.1, 0.15) is 22.3 Å². The first-order chi connectivity index (χ1) is 11.5. The standard InChI is InChI=1S/C16H23N3O4S/c1-4-22-12-5-6-24-13(12)15(21)19-9-16(10-19)8-18(3)11(7-23-16)14(20)17-2/h5-6,11H,4,7-10H2,1-3H3,(H,17,20). The van der Waals surface area contributed by atoms with Crippen molar-refractivity contribution in [2.75, 3.05) is 46.9 Å². The summed E-state index contributed by atoms with van der Waals surface area (Å²) < 4.78 is 11.5. The molecule has 3 rings (SSSR count). The van der Waals surface area contributed by atoms with Gasteiger partial charge in [0.25, 0.3) is 5.91 Å². The van der Waals surface area contributed by atoms with E-state index in [2.05, 4.69) is 5.32 Å². The molecule has 0 aliphatic carbocycles. The quantitative estimate of drug-likeness (QED) is 0.849. The molecule has 0 aromatic carbocycles. The summed E-state index contributed by atoms with van der Waals surface area (Å²) in [6.07, 6.45) is 0. The number of likely N-dealkylation sites (tertiary alicyclic amines) is 1. The maximum Gasteiger partial charge on any atom is 0.267 e. The summed E-state index contributed by atoms with van der Waals surface area (Å²) in [5, 5.41) is 4.52. The highest BCUT2D eigenvalue weighted by Crippen LogP contribution is 2.34. The smallest absolute Gasteiger partial charge is 0.267 e. The Balaban J connectivity index is 1.60. The van der Waals surface area contributed by atoms with Gasteiger partial charge in [-0.3, -0.25) is 14.5 Å². The average molecular weight is 353 g/mol. The molecule has 3 heterocycles. The first-order valence-corrected chi connectivity index (χ1v) is 8.93. The summed E-state index contributed by atoms with van der Waals surface area (Å²) in [6.45, 7) is 4.51. The molecular formula is C16H23N3O4S. The van der Waals surface area contributed by atoms with E-state index in [0.29, 0.717) is 43.5 Å². The highest BCUT2D eigenvalue weighted by molar-refractivity contribution is 7.12. The third-order valence-corrected chi connectivity index (χ3v) is 5.42. The van der Waals surface area contributed by atoms with E-state index in [9.17, 15) is 9.59 Å². The minimum absolute atomic E-state index is 0.0150. The van der Waals surface area contributed by atoms with Crippen LogP contribution >= 0.6 is 11.3 Å².